The quantitative estimate of drug-likeness (QED) is 0.648. The summed E-state index contributed by atoms with van der Waals surface area (Å²) >= 11 is 1.61. The van der Waals surface area contributed by atoms with Crippen LogP contribution in [0.2, 0.25) is 0 Å². The van der Waals surface area contributed by atoms with E-state index in [0.717, 1.165) is 41.6 Å². The van der Waals surface area contributed by atoms with Gasteiger partial charge in [-0.2, -0.15) is 0 Å². The van der Waals surface area contributed by atoms with Gasteiger partial charge in [-0.25, -0.2) is 4.98 Å². The Morgan fingerprint density at radius 2 is 2.08 bits per heavy atom. The number of ether oxygens (including phenoxy) is 1. The highest BCUT2D eigenvalue weighted by atomic mass is 32.1. The third kappa shape index (κ3) is 6.61. The van der Waals surface area contributed by atoms with Crippen LogP contribution in [0.15, 0.2) is 35.7 Å². The molecule has 0 aliphatic carbocycles. The standard InChI is InChI=1S/C20H27N3O2S/c1-4-23(5-2)13-12-21-20(24)11-10-17-8-6-7-9-19(17)25-14-18-15-26-16(3)22-18/h6-11,15H,4-5,12-14H2,1-3H3,(H,21,24)/b11-10+. The largest absolute Gasteiger partial charge is 0.487 e. The molecule has 0 fully saturated rings. The molecular weight excluding hydrogens is 346 g/mol. The van der Waals surface area contributed by atoms with Crippen LogP contribution in [0.5, 0.6) is 5.75 Å². The molecule has 0 unspecified atom stereocenters. The summed E-state index contributed by atoms with van der Waals surface area (Å²) in [5.74, 6) is 0.646. The Balaban J connectivity index is 1.87. The van der Waals surface area contributed by atoms with Crippen molar-refractivity contribution in [3.63, 3.8) is 0 Å². The fourth-order valence-corrected chi connectivity index (χ4v) is 3.07. The first kappa shape index (κ1) is 20.1. The lowest BCUT2D eigenvalue weighted by Gasteiger charge is -2.17. The molecule has 0 aliphatic heterocycles. The molecule has 2 aromatic rings. The lowest BCUT2D eigenvalue weighted by Crippen LogP contribution is -2.34. The molecule has 26 heavy (non-hydrogen) atoms. The van der Waals surface area contributed by atoms with Crippen molar-refractivity contribution in [1.29, 1.82) is 0 Å². The summed E-state index contributed by atoms with van der Waals surface area (Å²) in [4.78, 5) is 18.7. The molecule has 140 valence electrons. The van der Waals surface area contributed by atoms with Crippen LogP contribution >= 0.6 is 11.3 Å². The average Bonchev–Trinajstić information content (AvgIpc) is 3.08. The Kier molecular flexibility index (Phi) is 8.31. The van der Waals surface area contributed by atoms with Crippen molar-refractivity contribution in [1.82, 2.24) is 15.2 Å². The van der Waals surface area contributed by atoms with Gasteiger partial charge in [0, 0.05) is 30.1 Å². The van der Waals surface area contributed by atoms with Crippen molar-refractivity contribution in [2.45, 2.75) is 27.4 Å². The molecule has 0 atom stereocenters. The van der Waals surface area contributed by atoms with E-state index >= 15 is 0 Å². The Morgan fingerprint density at radius 1 is 1.31 bits per heavy atom. The highest BCUT2D eigenvalue weighted by Crippen LogP contribution is 2.21. The molecule has 2 rings (SSSR count). The second-order valence-electron chi connectivity index (χ2n) is 5.84. The maximum absolute atomic E-state index is 12.0. The number of thiazole rings is 1. The monoisotopic (exact) mass is 373 g/mol. The van der Waals surface area contributed by atoms with E-state index in [0.29, 0.717) is 13.2 Å². The maximum atomic E-state index is 12.0. The minimum atomic E-state index is -0.0953. The SMILES string of the molecule is CCN(CC)CCNC(=O)/C=C/c1ccccc1OCc1csc(C)n1. The molecule has 5 nitrogen and oxygen atoms in total. The number of hydrogen-bond acceptors (Lipinski definition) is 5. The Hall–Kier alpha value is -2.18. The molecule has 1 N–H and O–H groups in total. The highest BCUT2D eigenvalue weighted by Gasteiger charge is 2.04. The van der Waals surface area contributed by atoms with E-state index in [4.69, 9.17) is 4.74 Å². The van der Waals surface area contributed by atoms with Crippen LogP contribution < -0.4 is 10.1 Å². The second kappa shape index (κ2) is 10.7. The Labute approximate surface area is 159 Å². The Morgan fingerprint density at radius 3 is 2.77 bits per heavy atom. The zero-order chi connectivity index (χ0) is 18.8. The van der Waals surface area contributed by atoms with Crippen molar-refractivity contribution < 1.29 is 9.53 Å². The van der Waals surface area contributed by atoms with Crippen LogP contribution in [0.3, 0.4) is 0 Å². The maximum Gasteiger partial charge on any atom is 0.244 e. The van der Waals surface area contributed by atoms with Gasteiger partial charge in [-0.15, -0.1) is 11.3 Å². The summed E-state index contributed by atoms with van der Waals surface area (Å²) < 4.78 is 5.87. The Bertz CT molecular complexity index is 723. The zero-order valence-corrected chi connectivity index (χ0v) is 16.5. The predicted octanol–water partition coefficient (Wildman–Crippen LogP) is 3.50. The van der Waals surface area contributed by atoms with Crippen LogP contribution in [-0.4, -0.2) is 42.0 Å². The molecule has 0 bridgehead atoms. The van der Waals surface area contributed by atoms with Crippen LogP contribution in [0, 0.1) is 6.92 Å². The van der Waals surface area contributed by atoms with E-state index < -0.39 is 0 Å². The molecule has 0 saturated carbocycles. The molecule has 1 aromatic heterocycles. The molecular formula is C20H27N3O2S. The molecule has 1 amide bonds. The number of benzene rings is 1. The first-order valence-corrected chi connectivity index (χ1v) is 9.81. The van der Waals surface area contributed by atoms with Crippen LogP contribution in [0.4, 0.5) is 0 Å². The number of nitrogens with one attached hydrogen (secondary N) is 1. The summed E-state index contributed by atoms with van der Waals surface area (Å²) in [5, 5.41) is 5.94. The van der Waals surface area contributed by atoms with E-state index in [1.54, 1.807) is 23.5 Å². The summed E-state index contributed by atoms with van der Waals surface area (Å²) in [6.45, 7) is 10.1. The lowest BCUT2D eigenvalue weighted by molar-refractivity contribution is -0.116. The average molecular weight is 374 g/mol. The highest BCUT2D eigenvalue weighted by molar-refractivity contribution is 7.09. The van der Waals surface area contributed by atoms with Gasteiger partial charge in [-0.1, -0.05) is 32.0 Å². The van der Waals surface area contributed by atoms with Gasteiger partial charge in [0.1, 0.15) is 12.4 Å². The van der Waals surface area contributed by atoms with E-state index in [1.165, 1.54) is 0 Å². The van der Waals surface area contributed by atoms with Crippen LogP contribution in [0.1, 0.15) is 30.1 Å². The number of aryl methyl sites for hydroxylation is 1. The number of para-hydroxylation sites is 1. The van der Waals surface area contributed by atoms with Crippen molar-refractivity contribution in [2.75, 3.05) is 26.2 Å². The second-order valence-corrected chi connectivity index (χ2v) is 6.90. The summed E-state index contributed by atoms with van der Waals surface area (Å²) in [7, 11) is 0. The molecule has 1 heterocycles. The van der Waals surface area contributed by atoms with E-state index in [2.05, 4.69) is 29.0 Å². The van der Waals surface area contributed by atoms with Crippen molar-refractivity contribution >= 4 is 23.3 Å². The van der Waals surface area contributed by atoms with Gasteiger partial charge >= 0.3 is 0 Å². The van der Waals surface area contributed by atoms with Crippen LogP contribution in [-0.2, 0) is 11.4 Å². The van der Waals surface area contributed by atoms with E-state index in [-0.39, 0.29) is 5.91 Å². The van der Waals surface area contributed by atoms with Crippen molar-refractivity contribution in [3.8, 4) is 5.75 Å². The van der Waals surface area contributed by atoms with E-state index in [1.807, 2.05) is 36.6 Å². The number of carbonyl (C=O) groups is 1. The number of nitrogens with zero attached hydrogens (tertiary/aromatic N) is 2. The third-order valence-electron chi connectivity index (χ3n) is 4.00. The molecule has 0 aliphatic rings. The minimum Gasteiger partial charge on any atom is -0.487 e. The molecule has 0 radical (unpaired) electrons. The number of hydrogen-bond donors (Lipinski definition) is 1. The van der Waals surface area contributed by atoms with Crippen molar-refractivity contribution in [3.05, 3.63) is 52.0 Å². The first-order valence-electron chi connectivity index (χ1n) is 8.93. The summed E-state index contributed by atoms with van der Waals surface area (Å²) in [6, 6.07) is 7.68. The van der Waals surface area contributed by atoms with Gasteiger partial charge in [-0.3, -0.25) is 4.79 Å². The number of aromatic nitrogens is 1. The number of likely N-dealkylation sites (N-methyl/N-ethyl adjacent to an activating group) is 1. The number of carbonyl (C=O) groups excluding carboxylic acids is 1. The zero-order valence-electron chi connectivity index (χ0n) is 15.7. The van der Waals surface area contributed by atoms with Gasteiger partial charge < -0.3 is 15.0 Å². The van der Waals surface area contributed by atoms with Gasteiger partial charge in [0.2, 0.25) is 5.91 Å². The molecule has 0 spiro atoms. The molecule has 1 aromatic carbocycles. The van der Waals surface area contributed by atoms with Crippen LogP contribution in [0.25, 0.3) is 6.08 Å². The first-order chi connectivity index (χ1) is 12.6. The number of amides is 1. The fraction of sp³-hybridized carbons (Fsp3) is 0.400. The molecule has 0 saturated heterocycles. The normalized spacial score (nSPS) is 11.2. The smallest absolute Gasteiger partial charge is 0.244 e. The third-order valence-corrected chi connectivity index (χ3v) is 4.82. The number of rotatable bonds is 10. The lowest BCUT2D eigenvalue weighted by atomic mass is 10.2. The predicted molar refractivity (Wildman–Crippen MR) is 107 cm³/mol. The van der Waals surface area contributed by atoms with Gasteiger partial charge in [-0.05, 0) is 32.2 Å². The summed E-state index contributed by atoms with van der Waals surface area (Å²) in [5.41, 5.74) is 1.79. The van der Waals surface area contributed by atoms with Gasteiger partial charge in [0.15, 0.2) is 0 Å². The van der Waals surface area contributed by atoms with Gasteiger partial charge in [0.05, 0.1) is 10.7 Å². The molecule has 6 heteroatoms. The summed E-state index contributed by atoms with van der Waals surface area (Å²) in [6.07, 6.45) is 3.34. The minimum absolute atomic E-state index is 0.0953. The topological polar surface area (TPSA) is 54.5 Å². The fourth-order valence-electron chi connectivity index (χ4n) is 2.48. The van der Waals surface area contributed by atoms with Crippen molar-refractivity contribution in [2.24, 2.45) is 0 Å². The van der Waals surface area contributed by atoms with Gasteiger partial charge in [0.25, 0.3) is 0 Å². The van der Waals surface area contributed by atoms with E-state index in [9.17, 15) is 4.79 Å².